The Bertz CT molecular complexity index is 657. The van der Waals surface area contributed by atoms with Crippen LogP contribution in [0.2, 0.25) is 0 Å². The van der Waals surface area contributed by atoms with E-state index in [1.807, 2.05) is 6.92 Å². The largest absolute Gasteiger partial charge is 0.573 e. The van der Waals surface area contributed by atoms with Crippen LogP contribution in [0.15, 0.2) is 30.3 Å². The Morgan fingerprint density at radius 3 is 2.52 bits per heavy atom. The Kier molecular flexibility index (Phi) is 8.80. The number of benzene rings is 1. The van der Waals surface area contributed by atoms with Crippen molar-refractivity contribution < 1.29 is 42.1 Å². The molecule has 0 heterocycles. The standard InChI is InChI=1S/C18H21F3O6/c1-3-12(2)17(24)26-11-14(22)10-25-16(23)8-7-13-5-4-6-15(9-13)27-18(19,20)21/h4-9,12,14,22H,3,10-11H2,1-2H3/b8-7+. The quantitative estimate of drug-likeness (QED) is 0.516. The van der Waals surface area contributed by atoms with Crippen molar-refractivity contribution in [1.29, 1.82) is 0 Å². The van der Waals surface area contributed by atoms with Crippen molar-refractivity contribution in [2.75, 3.05) is 13.2 Å². The average Bonchev–Trinajstić information content (AvgIpc) is 2.60. The molecule has 6 nitrogen and oxygen atoms in total. The Labute approximate surface area is 154 Å². The lowest BCUT2D eigenvalue weighted by atomic mass is 10.1. The van der Waals surface area contributed by atoms with Gasteiger partial charge in [-0.05, 0) is 30.2 Å². The number of halogens is 3. The third-order valence-electron chi connectivity index (χ3n) is 3.35. The van der Waals surface area contributed by atoms with E-state index < -0.39 is 36.8 Å². The molecule has 9 heteroatoms. The zero-order valence-corrected chi connectivity index (χ0v) is 14.9. The minimum absolute atomic E-state index is 0.289. The second kappa shape index (κ2) is 10.6. The summed E-state index contributed by atoms with van der Waals surface area (Å²) in [7, 11) is 0. The van der Waals surface area contributed by atoms with Crippen LogP contribution in [0.5, 0.6) is 5.75 Å². The van der Waals surface area contributed by atoms with Crippen molar-refractivity contribution in [1.82, 2.24) is 0 Å². The number of carbonyl (C=O) groups excluding carboxylic acids is 2. The Balaban J connectivity index is 2.44. The molecule has 150 valence electrons. The monoisotopic (exact) mass is 390 g/mol. The lowest BCUT2D eigenvalue weighted by Crippen LogP contribution is -2.26. The van der Waals surface area contributed by atoms with Gasteiger partial charge in [0.2, 0.25) is 0 Å². The number of aliphatic hydroxyl groups excluding tert-OH is 1. The van der Waals surface area contributed by atoms with Crippen LogP contribution in [-0.2, 0) is 19.1 Å². The molecule has 0 spiro atoms. The van der Waals surface area contributed by atoms with E-state index in [1.165, 1.54) is 18.2 Å². The van der Waals surface area contributed by atoms with Gasteiger partial charge in [0.25, 0.3) is 0 Å². The minimum Gasteiger partial charge on any atom is -0.463 e. The molecule has 2 atom stereocenters. The van der Waals surface area contributed by atoms with Gasteiger partial charge in [-0.25, -0.2) is 4.79 Å². The smallest absolute Gasteiger partial charge is 0.463 e. The molecule has 27 heavy (non-hydrogen) atoms. The summed E-state index contributed by atoms with van der Waals surface area (Å²) >= 11 is 0. The summed E-state index contributed by atoms with van der Waals surface area (Å²) in [6.07, 6.45) is -3.16. The molecule has 1 rings (SSSR count). The molecule has 0 bridgehead atoms. The lowest BCUT2D eigenvalue weighted by Gasteiger charge is -2.13. The first kappa shape index (κ1) is 22.5. The molecule has 0 saturated carbocycles. The molecular weight excluding hydrogens is 369 g/mol. The predicted octanol–water partition coefficient (Wildman–Crippen LogP) is 3.09. The highest BCUT2D eigenvalue weighted by molar-refractivity contribution is 5.87. The number of hydrogen-bond donors (Lipinski definition) is 1. The van der Waals surface area contributed by atoms with Crippen LogP contribution in [0.3, 0.4) is 0 Å². The molecular formula is C18H21F3O6. The highest BCUT2D eigenvalue weighted by Crippen LogP contribution is 2.23. The van der Waals surface area contributed by atoms with Gasteiger partial charge in [-0.1, -0.05) is 26.0 Å². The summed E-state index contributed by atoms with van der Waals surface area (Å²) in [5.74, 6) is -1.98. The molecule has 0 aliphatic heterocycles. The Morgan fingerprint density at radius 1 is 1.22 bits per heavy atom. The van der Waals surface area contributed by atoms with Gasteiger partial charge in [0.05, 0.1) is 5.92 Å². The maximum atomic E-state index is 12.2. The summed E-state index contributed by atoms with van der Waals surface area (Å²) in [6, 6.07) is 5.03. The maximum Gasteiger partial charge on any atom is 0.573 e. The van der Waals surface area contributed by atoms with E-state index in [0.29, 0.717) is 6.42 Å². The number of ether oxygens (including phenoxy) is 3. The fraction of sp³-hybridized carbons (Fsp3) is 0.444. The number of alkyl halides is 3. The van der Waals surface area contributed by atoms with Gasteiger partial charge >= 0.3 is 18.3 Å². The molecule has 1 N–H and O–H groups in total. The van der Waals surface area contributed by atoms with E-state index in [0.717, 1.165) is 18.2 Å². The van der Waals surface area contributed by atoms with Gasteiger partial charge in [-0.2, -0.15) is 0 Å². The summed E-state index contributed by atoms with van der Waals surface area (Å²) in [4.78, 5) is 23.0. The van der Waals surface area contributed by atoms with Crippen molar-refractivity contribution in [2.24, 2.45) is 5.92 Å². The van der Waals surface area contributed by atoms with E-state index in [-0.39, 0.29) is 18.1 Å². The molecule has 1 aromatic carbocycles. The van der Waals surface area contributed by atoms with E-state index in [1.54, 1.807) is 6.92 Å². The SMILES string of the molecule is CCC(C)C(=O)OCC(O)COC(=O)/C=C/c1cccc(OC(F)(F)F)c1. The zero-order valence-electron chi connectivity index (χ0n) is 14.9. The van der Waals surface area contributed by atoms with Crippen LogP contribution in [-0.4, -0.2) is 42.7 Å². The van der Waals surface area contributed by atoms with E-state index in [2.05, 4.69) is 4.74 Å². The highest BCUT2D eigenvalue weighted by atomic mass is 19.4. The molecule has 1 aromatic rings. The fourth-order valence-corrected chi connectivity index (χ4v) is 1.74. The van der Waals surface area contributed by atoms with Crippen molar-refractivity contribution in [2.45, 2.75) is 32.7 Å². The van der Waals surface area contributed by atoms with E-state index >= 15 is 0 Å². The average molecular weight is 390 g/mol. The number of hydrogen-bond acceptors (Lipinski definition) is 6. The van der Waals surface area contributed by atoms with Crippen LogP contribution in [0.4, 0.5) is 13.2 Å². The first-order chi connectivity index (χ1) is 12.6. The molecule has 0 aliphatic rings. The van der Waals surface area contributed by atoms with E-state index in [9.17, 15) is 27.9 Å². The van der Waals surface area contributed by atoms with Gasteiger partial charge in [-0.15, -0.1) is 13.2 Å². The van der Waals surface area contributed by atoms with Crippen LogP contribution in [0, 0.1) is 5.92 Å². The lowest BCUT2D eigenvalue weighted by molar-refractivity contribution is -0.274. The number of esters is 2. The first-order valence-electron chi connectivity index (χ1n) is 8.16. The van der Waals surface area contributed by atoms with Gasteiger partial charge in [-0.3, -0.25) is 4.79 Å². The van der Waals surface area contributed by atoms with Crippen molar-refractivity contribution in [3.63, 3.8) is 0 Å². The minimum atomic E-state index is -4.81. The van der Waals surface area contributed by atoms with Crippen LogP contribution < -0.4 is 4.74 Å². The van der Waals surface area contributed by atoms with Gasteiger partial charge in [0, 0.05) is 6.08 Å². The molecule has 0 fully saturated rings. The summed E-state index contributed by atoms with van der Waals surface area (Å²) < 4.78 is 49.9. The molecule has 0 radical (unpaired) electrons. The van der Waals surface area contributed by atoms with Gasteiger partial charge < -0.3 is 19.3 Å². The molecule has 2 unspecified atom stereocenters. The number of carbonyl (C=O) groups is 2. The summed E-state index contributed by atoms with van der Waals surface area (Å²) in [5.41, 5.74) is 0.289. The fourth-order valence-electron chi connectivity index (χ4n) is 1.74. The van der Waals surface area contributed by atoms with Gasteiger partial charge in [0.15, 0.2) is 0 Å². The third kappa shape index (κ3) is 9.64. The molecule has 0 saturated heterocycles. The second-order valence-corrected chi connectivity index (χ2v) is 5.68. The topological polar surface area (TPSA) is 82.1 Å². The number of rotatable bonds is 9. The normalized spacial score (nSPS) is 13.9. The van der Waals surface area contributed by atoms with Crippen molar-refractivity contribution >= 4 is 18.0 Å². The van der Waals surface area contributed by atoms with Crippen LogP contribution >= 0.6 is 0 Å². The maximum absolute atomic E-state index is 12.2. The first-order valence-corrected chi connectivity index (χ1v) is 8.16. The van der Waals surface area contributed by atoms with Gasteiger partial charge in [0.1, 0.15) is 25.1 Å². The second-order valence-electron chi connectivity index (χ2n) is 5.68. The van der Waals surface area contributed by atoms with Crippen molar-refractivity contribution in [3.05, 3.63) is 35.9 Å². The zero-order chi connectivity index (χ0) is 20.4. The van der Waals surface area contributed by atoms with Crippen LogP contribution in [0.1, 0.15) is 25.8 Å². The summed E-state index contributed by atoms with van der Waals surface area (Å²) in [5, 5.41) is 9.63. The third-order valence-corrected chi connectivity index (χ3v) is 3.35. The molecule has 0 amide bonds. The van der Waals surface area contributed by atoms with Crippen molar-refractivity contribution in [3.8, 4) is 5.75 Å². The molecule has 0 aliphatic carbocycles. The number of aliphatic hydroxyl groups is 1. The summed E-state index contributed by atoms with van der Waals surface area (Å²) in [6.45, 7) is 2.81. The Morgan fingerprint density at radius 2 is 1.89 bits per heavy atom. The van der Waals surface area contributed by atoms with E-state index in [4.69, 9.17) is 9.47 Å². The predicted molar refractivity (Wildman–Crippen MR) is 89.5 cm³/mol. The Hall–Kier alpha value is -2.55. The highest BCUT2D eigenvalue weighted by Gasteiger charge is 2.31. The van der Waals surface area contributed by atoms with Crippen LogP contribution in [0.25, 0.3) is 6.08 Å². The molecule has 0 aromatic heterocycles.